The molecule has 21 heavy (non-hydrogen) atoms. The van der Waals surface area contributed by atoms with E-state index in [0.29, 0.717) is 16.3 Å². The number of ether oxygens (including phenoxy) is 1. The molecule has 1 aromatic carbocycles. The van der Waals surface area contributed by atoms with Crippen LogP contribution in [0, 0.1) is 0 Å². The van der Waals surface area contributed by atoms with Crippen molar-refractivity contribution in [2.45, 2.75) is 17.4 Å². The average Bonchev–Trinajstić information content (AvgIpc) is 2.46. The van der Waals surface area contributed by atoms with Gasteiger partial charge in [0.2, 0.25) is 0 Å². The Balaban J connectivity index is 2.09. The van der Waals surface area contributed by atoms with Gasteiger partial charge in [0.05, 0.1) is 10.6 Å². The highest BCUT2D eigenvalue weighted by Crippen LogP contribution is 2.28. The van der Waals surface area contributed by atoms with E-state index >= 15 is 0 Å². The number of carboxylic acid groups (broad SMARTS) is 1. The van der Waals surface area contributed by atoms with Gasteiger partial charge in [0.25, 0.3) is 0 Å². The molecule has 1 aromatic heterocycles. The summed E-state index contributed by atoms with van der Waals surface area (Å²) in [5, 5.41) is 9.40. The topological polar surface area (TPSA) is 59.4 Å². The largest absolute Gasteiger partial charge is 0.478 e. The van der Waals surface area contributed by atoms with Crippen molar-refractivity contribution in [2.24, 2.45) is 0 Å². The van der Waals surface area contributed by atoms with Gasteiger partial charge in [-0.25, -0.2) is 9.78 Å². The summed E-state index contributed by atoms with van der Waals surface area (Å²) in [7, 11) is 0. The zero-order chi connectivity index (χ0) is 15.2. The van der Waals surface area contributed by atoms with Crippen LogP contribution in [0.3, 0.4) is 0 Å². The number of hydrogen-bond acceptors (Lipinski definition) is 4. The lowest BCUT2D eigenvalue weighted by atomic mass is 10.2. The Labute approximate surface area is 123 Å². The second-order valence-electron chi connectivity index (χ2n) is 3.96. The number of thioether (sulfide) groups is 1. The first-order valence-electron chi connectivity index (χ1n) is 5.91. The fourth-order valence-electron chi connectivity index (χ4n) is 1.61. The summed E-state index contributed by atoms with van der Waals surface area (Å²) in [6.45, 7) is -2.88. The summed E-state index contributed by atoms with van der Waals surface area (Å²) in [6, 6.07) is 9.28. The highest BCUT2D eigenvalue weighted by atomic mass is 32.2. The lowest BCUT2D eigenvalue weighted by molar-refractivity contribution is -0.0503. The van der Waals surface area contributed by atoms with E-state index < -0.39 is 12.6 Å². The maximum Gasteiger partial charge on any atom is 0.387 e. The Bertz CT molecular complexity index is 637. The molecule has 0 fully saturated rings. The predicted octanol–water partition coefficient (Wildman–Crippen LogP) is 3.67. The van der Waals surface area contributed by atoms with Gasteiger partial charge in [0.1, 0.15) is 5.75 Å². The molecular weight excluding hydrogens is 300 g/mol. The van der Waals surface area contributed by atoms with Crippen LogP contribution in [0.25, 0.3) is 0 Å². The molecule has 0 spiro atoms. The molecule has 0 saturated carbocycles. The minimum Gasteiger partial charge on any atom is -0.478 e. The molecule has 0 radical (unpaired) electrons. The maximum absolute atomic E-state index is 12.3. The van der Waals surface area contributed by atoms with Gasteiger partial charge in [-0.1, -0.05) is 18.2 Å². The molecule has 0 aliphatic rings. The monoisotopic (exact) mass is 311 g/mol. The predicted molar refractivity (Wildman–Crippen MR) is 73.8 cm³/mol. The SMILES string of the molecule is O=C(O)c1ccnc(SCc2ccccc2OC(F)F)c1. The number of para-hydroxylation sites is 1. The third-order valence-corrected chi connectivity index (χ3v) is 3.52. The molecular formula is C14H11F2NO3S. The van der Waals surface area contributed by atoms with Crippen LogP contribution in [0.15, 0.2) is 47.6 Å². The third-order valence-electron chi connectivity index (χ3n) is 2.55. The van der Waals surface area contributed by atoms with Crippen molar-refractivity contribution in [1.82, 2.24) is 4.98 Å². The van der Waals surface area contributed by atoms with E-state index in [-0.39, 0.29) is 11.3 Å². The Kier molecular flexibility index (Phi) is 5.10. The molecule has 2 rings (SSSR count). The highest BCUT2D eigenvalue weighted by molar-refractivity contribution is 7.98. The van der Waals surface area contributed by atoms with Gasteiger partial charge in [-0.15, -0.1) is 11.8 Å². The Morgan fingerprint density at radius 2 is 2.10 bits per heavy atom. The summed E-state index contributed by atoms with van der Waals surface area (Å²) >= 11 is 1.25. The van der Waals surface area contributed by atoms with Gasteiger partial charge < -0.3 is 9.84 Å². The van der Waals surface area contributed by atoms with E-state index in [2.05, 4.69) is 9.72 Å². The first kappa shape index (κ1) is 15.2. The molecule has 4 nitrogen and oxygen atoms in total. The standard InChI is InChI=1S/C14H11F2NO3S/c15-14(16)20-11-4-2-1-3-10(11)8-21-12-7-9(13(18)19)5-6-17-12/h1-7,14H,8H2,(H,18,19). The van der Waals surface area contributed by atoms with Gasteiger partial charge in [0.15, 0.2) is 0 Å². The summed E-state index contributed by atoms with van der Waals surface area (Å²) in [5.74, 6) is -0.589. The number of alkyl halides is 2. The number of halogens is 2. The van der Waals surface area contributed by atoms with Gasteiger partial charge in [-0.2, -0.15) is 8.78 Å². The third kappa shape index (κ3) is 4.42. The average molecular weight is 311 g/mol. The van der Waals surface area contributed by atoms with Crippen LogP contribution in [0.2, 0.25) is 0 Å². The first-order chi connectivity index (χ1) is 10.1. The molecule has 1 heterocycles. The van der Waals surface area contributed by atoms with Gasteiger partial charge in [-0.05, 0) is 18.2 Å². The molecule has 110 valence electrons. The summed E-state index contributed by atoms with van der Waals surface area (Å²) in [6.07, 6.45) is 1.40. The second kappa shape index (κ2) is 7.03. The number of aromatic nitrogens is 1. The van der Waals surface area contributed by atoms with Gasteiger partial charge >= 0.3 is 12.6 Å². The fraction of sp³-hybridized carbons (Fsp3) is 0.143. The van der Waals surface area contributed by atoms with Gasteiger partial charge in [0, 0.05) is 17.5 Å². The quantitative estimate of drug-likeness (QED) is 0.825. The Morgan fingerprint density at radius 3 is 2.81 bits per heavy atom. The molecule has 2 aromatic rings. The molecule has 0 saturated heterocycles. The number of nitrogens with zero attached hydrogens (tertiary/aromatic N) is 1. The number of hydrogen-bond donors (Lipinski definition) is 1. The zero-order valence-corrected chi connectivity index (χ0v) is 11.5. The van der Waals surface area contributed by atoms with E-state index in [4.69, 9.17) is 5.11 Å². The van der Waals surface area contributed by atoms with Crippen LogP contribution < -0.4 is 4.74 Å². The number of carbonyl (C=O) groups is 1. The molecule has 1 N–H and O–H groups in total. The smallest absolute Gasteiger partial charge is 0.387 e. The van der Waals surface area contributed by atoms with Crippen molar-refractivity contribution in [1.29, 1.82) is 0 Å². The molecule has 0 bridgehead atoms. The molecule has 0 unspecified atom stereocenters. The van der Waals surface area contributed by atoms with Crippen LogP contribution in [0.1, 0.15) is 15.9 Å². The summed E-state index contributed by atoms with van der Waals surface area (Å²) < 4.78 is 29.0. The highest BCUT2D eigenvalue weighted by Gasteiger charge is 2.10. The van der Waals surface area contributed by atoms with Crippen LogP contribution in [-0.2, 0) is 5.75 Å². The Hall–Kier alpha value is -2.15. The molecule has 0 atom stereocenters. The normalized spacial score (nSPS) is 10.6. The van der Waals surface area contributed by atoms with E-state index in [1.54, 1.807) is 18.2 Å². The molecule has 0 aliphatic carbocycles. The van der Waals surface area contributed by atoms with Crippen molar-refractivity contribution in [3.05, 3.63) is 53.7 Å². The van der Waals surface area contributed by atoms with E-state index in [1.165, 1.54) is 36.2 Å². The van der Waals surface area contributed by atoms with Crippen molar-refractivity contribution in [3.8, 4) is 5.75 Å². The Morgan fingerprint density at radius 1 is 1.33 bits per heavy atom. The number of benzene rings is 1. The lowest BCUT2D eigenvalue weighted by Crippen LogP contribution is -2.04. The van der Waals surface area contributed by atoms with Crippen molar-refractivity contribution < 1.29 is 23.4 Å². The van der Waals surface area contributed by atoms with Crippen LogP contribution >= 0.6 is 11.8 Å². The van der Waals surface area contributed by atoms with Crippen LogP contribution in [0.4, 0.5) is 8.78 Å². The van der Waals surface area contributed by atoms with Crippen LogP contribution in [-0.4, -0.2) is 22.7 Å². The molecule has 7 heteroatoms. The van der Waals surface area contributed by atoms with Crippen molar-refractivity contribution in [2.75, 3.05) is 0 Å². The number of carboxylic acids is 1. The summed E-state index contributed by atoms with van der Waals surface area (Å²) in [5.41, 5.74) is 0.718. The van der Waals surface area contributed by atoms with Crippen molar-refractivity contribution >= 4 is 17.7 Å². The molecule has 0 aliphatic heterocycles. The number of pyridine rings is 1. The maximum atomic E-state index is 12.3. The van der Waals surface area contributed by atoms with E-state index in [0.717, 1.165) is 0 Å². The van der Waals surface area contributed by atoms with Gasteiger partial charge in [-0.3, -0.25) is 0 Å². The van der Waals surface area contributed by atoms with Crippen LogP contribution in [0.5, 0.6) is 5.75 Å². The van der Waals surface area contributed by atoms with E-state index in [9.17, 15) is 13.6 Å². The van der Waals surface area contributed by atoms with Crippen molar-refractivity contribution in [3.63, 3.8) is 0 Å². The fourth-order valence-corrected chi connectivity index (χ4v) is 2.49. The second-order valence-corrected chi connectivity index (χ2v) is 4.96. The van der Waals surface area contributed by atoms with E-state index in [1.807, 2.05) is 0 Å². The number of rotatable bonds is 6. The minimum absolute atomic E-state index is 0.106. The zero-order valence-electron chi connectivity index (χ0n) is 10.7. The lowest BCUT2D eigenvalue weighted by Gasteiger charge is -2.10. The summed E-state index contributed by atoms with van der Waals surface area (Å²) in [4.78, 5) is 14.9. The molecule has 0 amide bonds. The minimum atomic E-state index is -2.88. The first-order valence-corrected chi connectivity index (χ1v) is 6.89. The number of aromatic carboxylic acids is 1.